The molecule has 2 N–H and O–H groups in total. The van der Waals surface area contributed by atoms with Gasteiger partial charge < -0.3 is 15.2 Å². The molecule has 1 aromatic carbocycles. The molecule has 0 atom stereocenters. The number of methoxy groups -OCH3 is 1. The fraction of sp³-hybridized carbons (Fsp3) is 0.364. The molecule has 0 aliphatic rings. The molecule has 1 aromatic rings. The second-order valence-electron chi connectivity index (χ2n) is 3.17. The summed E-state index contributed by atoms with van der Waals surface area (Å²) in [5, 5.41) is 0.427. The molecule has 5 heteroatoms. The van der Waals surface area contributed by atoms with Crippen LogP contribution in [0.15, 0.2) is 12.1 Å². The van der Waals surface area contributed by atoms with Crippen LogP contribution in [0.1, 0.15) is 12.5 Å². The average Bonchev–Trinajstić information content (AvgIpc) is 2.23. The van der Waals surface area contributed by atoms with Gasteiger partial charge in [0.1, 0.15) is 5.75 Å². The summed E-state index contributed by atoms with van der Waals surface area (Å²) in [5.41, 5.74) is 6.87. The van der Waals surface area contributed by atoms with E-state index in [-0.39, 0.29) is 12.4 Å². The number of halogens is 1. The Morgan fingerprint density at radius 2 is 2.19 bits per heavy atom. The largest absolute Gasteiger partial charge is 0.495 e. The van der Waals surface area contributed by atoms with Gasteiger partial charge in [-0.2, -0.15) is 0 Å². The van der Waals surface area contributed by atoms with E-state index in [9.17, 15) is 4.79 Å². The summed E-state index contributed by atoms with van der Waals surface area (Å²) in [5.74, 6) is 0.169. The van der Waals surface area contributed by atoms with Crippen molar-refractivity contribution < 1.29 is 14.3 Å². The maximum absolute atomic E-state index is 11.3. The molecule has 0 amide bonds. The van der Waals surface area contributed by atoms with E-state index in [0.29, 0.717) is 28.6 Å². The highest BCUT2D eigenvalue weighted by atomic mass is 35.5. The maximum Gasteiger partial charge on any atom is 0.310 e. The minimum Gasteiger partial charge on any atom is -0.495 e. The van der Waals surface area contributed by atoms with Crippen molar-refractivity contribution in [3.8, 4) is 5.75 Å². The number of carbonyl (C=O) groups excluding carboxylic acids is 1. The SMILES string of the molecule is CCOC(=O)Cc1cc(Cl)c(OC)cc1N. The van der Waals surface area contributed by atoms with E-state index < -0.39 is 0 Å². The minimum absolute atomic E-state index is 0.114. The second-order valence-corrected chi connectivity index (χ2v) is 3.57. The normalized spacial score (nSPS) is 9.94. The van der Waals surface area contributed by atoms with Gasteiger partial charge in [-0.3, -0.25) is 4.79 Å². The van der Waals surface area contributed by atoms with Crippen molar-refractivity contribution in [3.05, 3.63) is 22.7 Å². The molecule has 0 aliphatic carbocycles. The van der Waals surface area contributed by atoms with Crippen molar-refractivity contribution in [2.24, 2.45) is 0 Å². The highest BCUT2D eigenvalue weighted by Crippen LogP contribution is 2.29. The lowest BCUT2D eigenvalue weighted by Gasteiger charge is -2.09. The van der Waals surface area contributed by atoms with Gasteiger partial charge in [0.25, 0.3) is 0 Å². The molecule has 0 spiro atoms. The van der Waals surface area contributed by atoms with Crippen LogP contribution in [0.2, 0.25) is 5.02 Å². The maximum atomic E-state index is 11.3. The Hall–Kier alpha value is -1.42. The summed E-state index contributed by atoms with van der Waals surface area (Å²) in [7, 11) is 1.51. The number of nitrogen functional groups attached to an aromatic ring is 1. The van der Waals surface area contributed by atoms with Crippen LogP contribution in [0.5, 0.6) is 5.75 Å². The van der Waals surface area contributed by atoms with Crippen LogP contribution in [0.25, 0.3) is 0 Å². The first-order valence-corrected chi connectivity index (χ1v) is 5.23. The molecule has 4 nitrogen and oxygen atoms in total. The molecule has 0 saturated heterocycles. The summed E-state index contributed by atoms with van der Waals surface area (Å²) in [6.45, 7) is 2.10. The van der Waals surface area contributed by atoms with Gasteiger partial charge in [0, 0.05) is 11.8 Å². The number of hydrogen-bond acceptors (Lipinski definition) is 4. The first-order chi connectivity index (χ1) is 7.58. The van der Waals surface area contributed by atoms with E-state index in [1.165, 1.54) is 7.11 Å². The summed E-state index contributed by atoms with van der Waals surface area (Å²) >= 11 is 5.93. The van der Waals surface area contributed by atoms with Crippen molar-refractivity contribution in [1.29, 1.82) is 0 Å². The fourth-order valence-corrected chi connectivity index (χ4v) is 1.55. The predicted molar refractivity (Wildman–Crippen MR) is 62.8 cm³/mol. The number of ether oxygens (including phenoxy) is 2. The summed E-state index contributed by atoms with van der Waals surface area (Å²) in [4.78, 5) is 11.3. The van der Waals surface area contributed by atoms with Crippen molar-refractivity contribution in [3.63, 3.8) is 0 Å². The van der Waals surface area contributed by atoms with Gasteiger partial charge >= 0.3 is 5.97 Å². The molecular weight excluding hydrogens is 230 g/mol. The van der Waals surface area contributed by atoms with Gasteiger partial charge in [0.2, 0.25) is 0 Å². The van der Waals surface area contributed by atoms with Gasteiger partial charge in [-0.15, -0.1) is 0 Å². The zero-order chi connectivity index (χ0) is 12.1. The van der Waals surface area contributed by atoms with E-state index in [1.54, 1.807) is 19.1 Å². The minimum atomic E-state index is -0.324. The summed E-state index contributed by atoms with van der Waals surface area (Å²) < 4.78 is 9.83. The van der Waals surface area contributed by atoms with Crippen LogP contribution in [0.3, 0.4) is 0 Å². The van der Waals surface area contributed by atoms with E-state index in [1.807, 2.05) is 0 Å². The topological polar surface area (TPSA) is 61.5 Å². The summed E-state index contributed by atoms with van der Waals surface area (Å²) in [6.07, 6.45) is 0.114. The quantitative estimate of drug-likeness (QED) is 0.649. The zero-order valence-corrected chi connectivity index (χ0v) is 10.0. The van der Waals surface area contributed by atoms with Crippen LogP contribution in [-0.4, -0.2) is 19.7 Å². The lowest BCUT2D eigenvalue weighted by Crippen LogP contribution is -2.09. The van der Waals surface area contributed by atoms with Crippen LogP contribution in [0, 0.1) is 0 Å². The van der Waals surface area contributed by atoms with Gasteiger partial charge in [-0.05, 0) is 18.6 Å². The molecule has 0 fully saturated rings. The van der Waals surface area contributed by atoms with Gasteiger partial charge in [-0.1, -0.05) is 11.6 Å². The highest BCUT2D eigenvalue weighted by Gasteiger charge is 2.11. The first-order valence-electron chi connectivity index (χ1n) is 4.86. The molecule has 0 radical (unpaired) electrons. The van der Waals surface area contributed by atoms with Crippen molar-refractivity contribution in [2.75, 3.05) is 19.5 Å². The van der Waals surface area contributed by atoms with Crippen LogP contribution in [-0.2, 0) is 16.0 Å². The van der Waals surface area contributed by atoms with E-state index in [4.69, 9.17) is 26.8 Å². The van der Waals surface area contributed by atoms with Crippen molar-refractivity contribution >= 4 is 23.3 Å². The molecule has 0 heterocycles. The van der Waals surface area contributed by atoms with E-state index >= 15 is 0 Å². The van der Waals surface area contributed by atoms with Crippen LogP contribution >= 0.6 is 11.6 Å². The summed E-state index contributed by atoms with van der Waals surface area (Å²) in [6, 6.07) is 3.21. The number of anilines is 1. The monoisotopic (exact) mass is 243 g/mol. The average molecular weight is 244 g/mol. The zero-order valence-electron chi connectivity index (χ0n) is 9.25. The van der Waals surface area contributed by atoms with E-state index in [2.05, 4.69) is 0 Å². The molecule has 0 aliphatic heterocycles. The first kappa shape index (κ1) is 12.6. The Labute approximate surface area is 99.3 Å². The molecule has 0 bridgehead atoms. The van der Waals surface area contributed by atoms with Crippen molar-refractivity contribution in [2.45, 2.75) is 13.3 Å². The molecule has 16 heavy (non-hydrogen) atoms. The van der Waals surface area contributed by atoms with Crippen molar-refractivity contribution in [1.82, 2.24) is 0 Å². The number of hydrogen-bond donors (Lipinski definition) is 1. The molecule has 0 aromatic heterocycles. The standard InChI is InChI=1S/C11H14ClNO3/c1-3-16-11(14)5-7-4-8(12)10(15-2)6-9(7)13/h4,6H,3,5,13H2,1-2H3. The van der Waals surface area contributed by atoms with Gasteiger partial charge in [-0.25, -0.2) is 0 Å². The number of esters is 1. The smallest absolute Gasteiger partial charge is 0.310 e. The Balaban J connectivity index is 2.89. The molecule has 88 valence electrons. The Kier molecular flexibility index (Phi) is 4.43. The molecule has 0 unspecified atom stereocenters. The fourth-order valence-electron chi connectivity index (χ4n) is 1.29. The highest BCUT2D eigenvalue weighted by molar-refractivity contribution is 6.32. The predicted octanol–water partition coefficient (Wildman–Crippen LogP) is 2.04. The third-order valence-electron chi connectivity index (χ3n) is 2.05. The van der Waals surface area contributed by atoms with Crippen LogP contribution in [0.4, 0.5) is 5.69 Å². The number of benzene rings is 1. The van der Waals surface area contributed by atoms with E-state index in [0.717, 1.165) is 0 Å². The Morgan fingerprint density at radius 1 is 1.50 bits per heavy atom. The van der Waals surface area contributed by atoms with Gasteiger partial charge in [0.05, 0.1) is 25.2 Å². The lowest BCUT2D eigenvalue weighted by molar-refractivity contribution is -0.142. The number of carbonyl (C=O) groups is 1. The molecule has 1 rings (SSSR count). The third kappa shape index (κ3) is 3.03. The Bertz CT molecular complexity index is 393. The molecule has 0 saturated carbocycles. The number of nitrogens with two attached hydrogens (primary N) is 1. The third-order valence-corrected chi connectivity index (χ3v) is 2.35. The number of rotatable bonds is 4. The van der Waals surface area contributed by atoms with Crippen LogP contribution < -0.4 is 10.5 Å². The van der Waals surface area contributed by atoms with Gasteiger partial charge in [0.15, 0.2) is 0 Å². The second kappa shape index (κ2) is 5.61. The lowest BCUT2D eigenvalue weighted by atomic mass is 10.1. The Morgan fingerprint density at radius 3 is 2.75 bits per heavy atom. The molecular formula is C11H14ClNO3.